The van der Waals surface area contributed by atoms with Crippen molar-refractivity contribution in [2.24, 2.45) is 0 Å². The zero-order valence-corrected chi connectivity index (χ0v) is 12.7. The first-order valence-electron chi connectivity index (χ1n) is 6.80. The van der Waals surface area contributed by atoms with Gasteiger partial charge in [-0.3, -0.25) is 0 Å². The van der Waals surface area contributed by atoms with Crippen LogP contribution >= 0.6 is 0 Å². The maximum Gasteiger partial charge on any atom is 0.416 e. The van der Waals surface area contributed by atoms with Gasteiger partial charge in [-0.2, -0.15) is 13.2 Å². The van der Waals surface area contributed by atoms with Gasteiger partial charge in [0.05, 0.1) is 5.56 Å². The Bertz CT molecular complexity index is 549. The first-order chi connectivity index (χ1) is 10.4. The van der Waals surface area contributed by atoms with E-state index in [4.69, 9.17) is 9.47 Å². The molecule has 0 unspecified atom stereocenters. The lowest BCUT2D eigenvalue weighted by atomic mass is 10.0. The first-order valence-corrected chi connectivity index (χ1v) is 6.80. The predicted octanol–water partition coefficient (Wildman–Crippen LogP) is 4.70. The van der Waals surface area contributed by atoms with Crippen LogP contribution in [-0.2, 0) is 15.7 Å². The summed E-state index contributed by atoms with van der Waals surface area (Å²) in [7, 11) is 2.85. The van der Waals surface area contributed by atoms with Gasteiger partial charge in [-0.05, 0) is 25.0 Å². The highest BCUT2D eigenvalue weighted by Crippen LogP contribution is 2.32. The molecule has 0 saturated carbocycles. The van der Waals surface area contributed by atoms with Crippen molar-refractivity contribution in [1.82, 2.24) is 0 Å². The second-order valence-corrected chi connectivity index (χ2v) is 4.59. The van der Waals surface area contributed by atoms with Crippen molar-refractivity contribution in [3.8, 4) is 11.8 Å². The molecule has 0 aliphatic carbocycles. The average Bonchev–Trinajstić information content (AvgIpc) is 2.48. The predicted molar refractivity (Wildman–Crippen MR) is 79.1 cm³/mol. The number of alkyl halides is 3. The van der Waals surface area contributed by atoms with E-state index in [1.165, 1.54) is 20.3 Å². The third kappa shape index (κ3) is 5.21. The molecule has 0 aliphatic heterocycles. The second kappa shape index (κ2) is 8.62. The summed E-state index contributed by atoms with van der Waals surface area (Å²) in [6.07, 6.45) is -1.14. The molecular formula is C17H19F3O2. The van der Waals surface area contributed by atoms with Crippen LogP contribution < -0.4 is 0 Å². The normalized spacial score (nSPS) is 11.2. The zero-order valence-electron chi connectivity index (χ0n) is 12.7. The van der Waals surface area contributed by atoms with Gasteiger partial charge in [-0.25, -0.2) is 0 Å². The third-order valence-corrected chi connectivity index (χ3v) is 3.00. The van der Waals surface area contributed by atoms with Crippen molar-refractivity contribution < 1.29 is 22.6 Å². The van der Waals surface area contributed by atoms with E-state index in [0.717, 1.165) is 25.0 Å². The fourth-order valence-corrected chi connectivity index (χ4v) is 1.89. The standard InChI is InChI=1S/C17H19F3O2/c1-4-5-6-7-8-9-13-12-14(17(18,19)20)10-11-15(13)16(21-2)22-3/h4,10-12,16H,1,5-7H2,2-3H3. The van der Waals surface area contributed by atoms with Gasteiger partial charge in [0.15, 0.2) is 6.29 Å². The van der Waals surface area contributed by atoms with Crippen molar-refractivity contribution in [2.75, 3.05) is 14.2 Å². The van der Waals surface area contributed by atoms with Crippen LogP contribution in [0.4, 0.5) is 13.2 Å². The summed E-state index contributed by atoms with van der Waals surface area (Å²) in [5.74, 6) is 5.67. The van der Waals surface area contributed by atoms with E-state index in [1.54, 1.807) is 6.08 Å². The van der Waals surface area contributed by atoms with Gasteiger partial charge in [-0.1, -0.05) is 24.0 Å². The van der Waals surface area contributed by atoms with Crippen molar-refractivity contribution in [3.05, 3.63) is 47.5 Å². The third-order valence-electron chi connectivity index (χ3n) is 3.00. The first kappa shape index (κ1) is 18.3. The summed E-state index contributed by atoms with van der Waals surface area (Å²) >= 11 is 0. The number of unbranched alkanes of at least 4 members (excludes halogenated alkanes) is 2. The molecule has 22 heavy (non-hydrogen) atoms. The average molecular weight is 312 g/mol. The largest absolute Gasteiger partial charge is 0.416 e. The quantitative estimate of drug-likeness (QED) is 0.328. The highest BCUT2D eigenvalue weighted by molar-refractivity contribution is 5.45. The minimum Gasteiger partial charge on any atom is -0.352 e. The molecule has 1 aromatic rings. The van der Waals surface area contributed by atoms with Gasteiger partial charge in [0, 0.05) is 31.8 Å². The number of benzene rings is 1. The lowest BCUT2D eigenvalue weighted by molar-refractivity contribution is -0.137. The molecule has 1 rings (SSSR count). The van der Waals surface area contributed by atoms with Gasteiger partial charge in [0.1, 0.15) is 0 Å². The fourth-order valence-electron chi connectivity index (χ4n) is 1.89. The Kier molecular flexibility index (Phi) is 7.16. The molecule has 0 N–H and O–H groups in total. The maximum atomic E-state index is 12.8. The molecule has 0 bridgehead atoms. The summed E-state index contributed by atoms with van der Waals surface area (Å²) < 4.78 is 48.7. The topological polar surface area (TPSA) is 18.5 Å². The van der Waals surface area contributed by atoms with E-state index in [0.29, 0.717) is 12.0 Å². The Morgan fingerprint density at radius 2 is 1.95 bits per heavy atom. The molecule has 0 spiro atoms. The van der Waals surface area contributed by atoms with Crippen molar-refractivity contribution in [3.63, 3.8) is 0 Å². The number of hydrogen-bond donors (Lipinski definition) is 0. The molecule has 0 aromatic heterocycles. The van der Waals surface area contributed by atoms with E-state index in [1.807, 2.05) is 0 Å². The molecule has 0 saturated heterocycles. The highest BCUT2D eigenvalue weighted by Gasteiger charge is 2.31. The van der Waals surface area contributed by atoms with Crippen LogP contribution in [0.1, 0.15) is 42.2 Å². The van der Waals surface area contributed by atoms with Crippen LogP contribution in [0.2, 0.25) is 0 Å². The van der Waals surface area contributed by atoms with Gasteiger partial charge in [0.25, 0.3) is 0 Å². The van der Waals surface area contributed by atoms with Gasteiger partial charge in [0.2, 0.25) is 0 Å². The van der Waals surface area contributed by atoms with Crippen molar-refractivity contribution in [2.45, 2.75) is 31.7 Å². The number of halogens is 3. The Hall–Kier alpha value is -1.77. The number of hydrogen-bond acceptors (Lipinski definition) is 2. The maximum absolute atomic E-state index is 12.8. The van der Waals surface area contributed by atoms with Crippen LogP contribution in [0.5, 0.6) is 0 Å². The van der Waals surface area contributed by atoms with Crippen LogP contribution in [0.15, 0.2) is 30.9 Å². The van der Waals surface area contributed by atoms with E-state index in [9.17, 15) is 13.2 Å². The van der Waals surface area contributed by atoms with E-state index >= 15 is 0 Å². The number of ether oxygens (including phenoxy) is 2. The Labute approximate surface area is 128 Å². The van der Waals surface area contributed by atoms with E-state index < -0.39 is 18.0 Å². The van der Waals surface area contributed by atoms with Crippen LogP contribution in [0, 0.1) is 11.8 Å². The molecule has 0 heterocycles. The van der Waals surface area contributed by atoms with Crippen LogP contribution in [0.3, 0.4) is 0 Å². The smallest absolute Gasteiger partial charge is 0.352 e. The van der Waals surface area contributed by atoms with E-state index in [2.05, 4.69) is 18.4 Å². The number of methoxy groups -OCH3 is 2. The van der Waals surface area contributed by atoms with Crippen molar-refractivity contribution in [1.29, 1.82) is 0 Å². The molecule has 0 amide bonds. The minimum absolute atomic E-state index is 0.266. The molecule has 0 atom stereocenters. The second-order valence-electron chi connectivity index (χ2n) is 4.59. The molecule has 0 aliphatic rings. The lowest BCUT2D eigenvalue weighted by Crippen LogP contribution is -2.10. The molecular weight excluding hydrogens is 293 g/mol. The Morgan fingerprint density at radius 3 is 2.50 bits per heavy atom. The summed E-state index contributed by atoms with van der Waals surface area (Å²) in [5, 5.41) is 0. The summed E-state index contributed by atoms with van der Waals surface area (Å²) in [6, 6.07) is 3.37. The van der Waals surface area contributed by atoms with E-state index in [-0.39, 0.29) is 5.56 Å². The van der Waals surface area contributed by atoms with Gasteiger partial charge >= 0.3 is 6.18 Å². The Morgan fingerprint density at radius 1 is 1.27 bits per heavy atom. The molecule has 2 nitrogen and oxygen atoms in total. The monoisotopic (exact) mass is 312 g/mol. The minimum atomic E-state index is -4.41. The molecule has 120 valence electrons. The Balaban J connectivity index is 3.13. The van der Waals surface area contributed by atoms with Crippen molar-refractivity contribution >= 4 is 0 Å². The summed E-state index contributed by atoms with van der Waals surface area (Å²) in [4.78, 5) is 0. The number of rotatable bonds is 6. The molecule has 5 heteroatoms. The summed E-state index contributed by atoms with van der Waals surface area (Å²) in [6.45, 7) is 3.61. The fraction of sp³-hybridized carbons (Fsp3) is 0.412. The summed E-state index contributed by atoms with van der Waals surface area (Å²) in [5.41, 5.74) is 0.00828. The zero-order chi connectivity index (χ0) is 16.6. The molecule has 0 fully saturated rings. The molecule has 0 radical (unpaired) electrons. The number of allylic oxidation sites excluding steroid dienone is 1. The molecule has 1 aromatic carbocycles. The van der Waals surface area contributed by atoms with Crippen LogP contribution in [-0.4, -0.2) is 14.2 Å². The lowest BCUT2D eigenvalue weighted by Gasteiger charge is -2.17. The van der Waals surface area contributed by atoms with Gasteiger partial charge < -0.3 is 9.47 Å². The van der Waals surface area contributed by atoms with Gasteiger partial charge in [-0.15, -0.1) is 6.58 Å². The SMILES string of the molecule is C=CCCCC#Cc1cc(C(F)(F)F)ccc1C(OC)OC. The highest BCUT2D eigenvalue weighted by atomic mass is 19.4. The van der Waals surface area contributed by atoms with Crippen LogP contribution in [0.25, 0.3) is 0 Å².